The van der Waals surface area contributed by atoms with Gasteiger partial charge in [0.1, 0.15) is 11.5 Å². The molecule has 92 valence electrons. The van der Waals surface area contributed by atoms with E-state index < -0.39 is 5.82 Å². The number of pyridine rings is 1. The molecule has 0 saturated heterocycles. The summed E-state index contributed by atoms with van der Waals surface area (Å²) in [5.74, 6) is -0.860. The summed E-state index contributed by atoms with van der Waals surface area (Å²) >= 11 is 0. The molecule has 0 aliphatic heterocycles. The standard InChI is InChI=1S/C13H12FN3O/c14-10-4-5-12(16-8-10)13(18)17-11-3-1-2-9(6-11)7-15/h1-6,8H,7,15H2,(H,17,18). The lowest BCUT2D eigenvalue weighted by molar-refractivity contribution is 0.102. The Bertz CT molecular complexity index is 554. The smallest absolute Gasteiger partial charge is 0.274 e. The van der Waals surface area contributed by atoms with Gasteiger partial charge in [-0.05, 0) is 29.8 Å². The lowest BCUT2D eigenvalue weighted by Crippen LogP contribution is -2.13. The first-order valence-electron chi connectivity index (χ1n) is 5.41. The molecule has 2 aromatic rings. The Labute approximate surface area is 104 Å². The summed E-state index contributed by atoms with van der Waals surface area (Å²) in [4.78, 5) is 15.5. The van der Waals surface area contributed by atoms with E-state index in [0.29, 0.717) is 12.2 Å². The molecule has 5 heteroatoms. The van der Waals surface area contributed by atoms with Crippen LogP contribution in [0.15, 0.2) is 42.6 Å². The van der Waals surface area contributed by atoms with Crippen LogP contribution in [0.5, 0.6) is 0 Å². The summed E-state index contributed by atoms with van der Waals surface area (Å²) in [5.41, 5.74) is 7.22. The maximum absolute atomic E-state index is 12.7. The molecule has 0 aliphatic rings. The highest BCUT2D eigenvalue weighted by Crippen LogP contribution is 2.11. The summed E-state index contributed by atoms with van der Waals surface area (Å²) < 4.78 is 12.7. The highest BCUT2D eigenvalue weighted by atomic mass is 19.1. The number of hydrogen-bond acceptors (Lipinski definition) is 3. The molecule has 3 N–H and O–H groups in total. The van der Waals surface area contributed by atoms with Gasteiger partial charge < -0.3 is 11.1 Å². The minimum atomic E-state index is -0.475. The molecule has 4 nitrogen and oxygen atoms in total. The van der Waals surface area contributed by atoms with Crippen LogP contribution in [0.2, 0.25) is 0 Å². The van der Waals surface area contributed by atoms with E-state index in [2.05, 4.69) is 10.3 Å². The second-order valence-electron chi connectivity index (χ2n) is 3.72. The number of anilines is 1. The first-order chi connectivity index (χ1) is 8.69. The maximum Gasteiger partial charge on any atom is 0.274 e. The molecule has 1 aromatic carbocycles. The fourth-order valence-corrected chi connectivity index (χ4v) is 1.48. The number of carbonyl (C=O) groups excluding carboxylic acids is 1. The normalized spacial score (nSPS) is 10.1. The highest BCUT2D eigenvalue weighted by molar-refractivity contribution is 6.02. The van der Waals surface area contributed by atoms with Gasteiger partial charge in [-0.1, -0.05) is 12.1 Å². The molecule has 0 saturated carbocycles. The van der Waals surface area contributed by atoms with Crippen molar-refractivity contribution in [3.05, 3.63) is 59.7 Å². The van der Waals surface area contributed by atoms with Crippen LogP contribution in [0, 0.1) is 5.82 Å². The van der Waals surface area contributed by atoms with Crippen LogP contribution < -0.4 is 11.1 Å². The molecular weight excluding hydrogens is 233 g/mol. The van der Waals surface area contributed by atoms with Crippen molar-refractivity contribution in [1.82, 2.24) is 4.98 Å². The summed E-state index contributed by atoms with van der Waals surface area (Å²) in [6, 6.07) is 9.72. The van der Waals surface area contributed by atoms with Crippen molar-refractivity contribution in [2.24, 2.45) is 5.73 Å². The van der Waals surface area contributed by atoms with Gasteiger partial charge in [-0.25, -0.2) is 9.37 Å². The molecular formula is C13H12FN3O. The van der Waals surface area contributed by atoms with Gasteiger partial charge in [0.2, 0.25) is 0 Å². The van der Waals surface area contributed by atoms with Gasteiger partial charge in [0.25, 0.3) is 5.91 Å². The van der Waals surface area contributed by atoms with Gasteiger partial charge in [-0.2, -0.15) is 0 Å². The van der Waals surface area contributed by atoms with E-state index in [1.165, 1.54) is 12.1 Å². The number of amides is 1. The van der Waals surface area contributed by atoms with Crippen molar-refractivity contribution < 1.29 is 9.18 Å². The number of nitrogens with one attached hydrogen (secondary N) is 1. The SMILES string of the molecule is NCc1cccc(NC(=O)c2ccc(F)cn2)c1. The zero-order valence-electron chi connectivity index (χ0n) is 9.56. The minimum absolute atomic E-state index is 0.162. The van der Waals surface area contributed by atoms with Crippen LogP contribution in [0.4, 0.5) is 10.1 Å². The number of rotatable bonds is 3. The van der Waals surface area contributed by atoms with Crippen LogP contribution in [0.1, 0.15) is 16.1 Å². The van der Waals surface area contributed by atoms with E-state index in [0.717, 1.165) is 11.8 Å². The Balaban J connectivity index is 2.13. The van der Waals surface area contributed by atoms with Crippen molar-refractivity contribution in [3.63, 3.8) is 0 Å². The minimum Gasteiger partial charge on any atom is -0.326 e. The number of benzene rings is 1. The van der Waals surface area contributed by atoms with Gasteiger partial charge in [0, 0.05) is 12.2 Å². The van der Waals surface area contributed by atoms with Crippen LogP contribution >= 0.6 is 0 Å². The van der Waals surface area contributed by atoms with Gasteiger partial charge >= 0.3 is 0 Å². The summed E-state index contributed by atoms with van der Waals surface area (Å²) in [5, 5.41) is 2.67. The summed E-state index contributed by atoms with van der Waals surface area (Å²) in [6.45, 7) is 0.401. The Morgan fingerprint density at radius 2 is 2.17 bits per heavy atom. The third-order valence-electron chi connectivity index (χ3n) is 2.38. The Morgan fingerprint density at radius 3 is 2.83 bits per heavy atom. The summed E-state index contributed by atoms with van der Waals surface area (Å²) in [6.07, 6.45) is 1.01. The topological polar surface area (TPSA) is 68.0 Å². The molecule has 1 aromatic heterocycles. The molecule has 0 unspecified atom stereocenters. The first-order valence-corrected chi connectivity index (χ1v) is 5.41. The number of nitrogens with zero attached hydrogens (tertiary/aromatic N) is 1. The largest absolute Gasteiger partial charge is 0.326 e. The quantitative estimate of drug-likeness (QED) is 0.868. The third-order valence-corrected chi connectivity index (χ3v) is 2.38. The third kappa shape index (κ3) is 2.89. The molecule has 18 heavy (non-hydrogen) atoms. The van der Waals surface area contributed by atoms with Crippen molar-refractivity contribution in [2.45, 2.75) is 6.54 Å². The van der Waals surface area contributed by atoms with E-state index >= 15 is 0 Å². The number of carbonyl (C=O) groups is 1. The maximum atomic E-state index is 12.7. The van der Waals surface area contributed by atoms with Crippen molar-refractivity contribution >= 4 is 11.6 Å². The van der Waals surface area contributed by atoms with Gasteiger partial charge in [-0.3, -0.25) is 4.79 Å². The van der Waals surface area contributed by atoms with E-state index in [9.17, 15) is 9.18 Å². The second kappa shape index (κ2) is 5.37. The van der Waals surface area contributed by atoms with Crippen molar-refractivity contribution in [1.29, 1.82) is 0 Å². The predicted molar refractivity (Wildman–Crippen MR) is 66.5 cm³/mol. The number of halogens is 1. The van der Waals surface area contributed by atoms with E-state index in [1.807, 2.05) is 6.07 Å². The van der Waals surface area contributed by atoms with Crippen molar-refractivity contribution in [3.8, 4) is 0 Å². The molecule has 0 atom stereocenters. The fraction of sp³-hybridized carbons (Fsp3) is 0.0769. The monoisotopic (exact) mass is 245 g/mol. The fourth-order valence-electron chi connectivity index (χ4n) is 1.48. The highest BCUT2D eigenvalue weighted by Gasteiger charge is 2.07. The van der Waals surface area contributed by atoms with E-state index in [1.54, 1.807) is 18.2 Å². The van der Waals surface area contributed by atoms with Crippen LogP contribution in [0.25, 0.3) is 0 Å². The number of aromatic nitrogens is 1. The first kappa shape index (κ1) is 12.2. The molecule has 0 bridgehead atoms. The second-order valence-corrected chi connectivity index (χ2v) is 3.72. The molecule has 1 amide bonds. The van der Waals surface area contributed by atoms with Gasteiger partial charge in [0.05, 0.1) is 6.20 Å². The molecule has 2 rings (SSSR count). The van der Waals surface area contributed by atoms with E-state index in [4.69, 9.17) is 5.73 Å². The molecule has 0 radical (unpaired) electrons. The lowest BCUT2D eigenvalue weighted by atomic mass is 10.2. The Hall–Kier alpha value is -2.27. The average Bonchev–Trinajstić information content (AvgIpc) is 2.39. The zero-order chi connectivity index (χ0) is 13.0. The molecule has 0 fully saturated rings. The summed E-state index contributed by atoms with van der Waals surface area (Å²) in [7, 11) is 0. The lowest BCUT2D eigenvalue weighted by Gasteiger charge is -2.06. The molecule has 0 aliphatic carbocycles. The molecule has 1 heterocycles. The molecule has 0 spiro atoms. The van der Waals surface area contributed by atoms with Crippen molar-refractivity contribution in [2.75, 3.05) is 5.32 Å². The van der Waals surface area contributed by atoms with Crippen LogP contribution in [-0.2, 0) is 6.54 Å². The number of hydrogen-bond donors (Lipinski definition) is 2. The Morgan fingerprint density at radius 1 is 1.33 bits per heavy atom. The zero-order valence-corrected chi connectivity index (χ0v) is 9.56. The Kier molecular flexibility index (Phi) is 3.64. The van der Waals surface area contributed by atoms with Gasteiger partial charge in [0.15, 0.2) is 0 Å². The average molecular weight is 245 g/mol. The number of nitrogens with two attached hydrogens (primary N) is 1. The van der Waals surface area contributed by atoms with Crippen LogP contribution in [0.3, 0.4) is 0 Å². The van der Waals surface area contributed by atoms with Crippen LogP contribution in [-0.4, -0.2) is 10.9 Å². The predicted octanol–water partition coefficient (Wildman–Crippen LogP) is 1.93. The van der Waals surface area contributed by atoms with Gasteiger partial charge in [-0.15, -0.1) is 0 Å². The van der Waals surface area contributed by atoms with E-state index in [-0.39, 0.29) is 11.6 Å².